The Bertz CT molecular complexity index is 450. The van der Waals surface area contributed by atoms with Crippen molar-refractivity contribution in [1.29, 1.82) is 0 Å². The fraction of sp³-hybridized carbons (Fsp3) is 0.368. The minimum atomic E-state index is -0.312. The van der Waals surface area contributed by atoms with Gasteiger partial charge in [0.15, 0.2) is 0 Å². The molecule has 106 valence electrons. The quantitative estimate of drug-likeness (QED) is 0.674. The van der Waals surface area contributed by atoms with E-state index in [4.69, 9.17) is 4.74 Å². The Balaban J connectivity index is 2.50. The topological polar surface area (TPSA) is 9.23 Å². The van der Waals surface area contributed by atoms with Crippen LogP contribution in [0.25, 0.3) is 0 Å². The first-order valence-electron chi connectivity index (χ1n) is 7.58. The van der Waals surface area contributed by atoms with Crippen LogP contribution in [0.15, 0.2) is 60.7 Å². The summed E-state index contributed by atoms with van der Waals surface area (Å²) in [6.07, 6.45) is 3.12. The summed E-state index contributed by atoms with van der Waals surface area (Å²) in [6.45, 7) is 5.16. The van der Waals surface area contributed by atoms with Crippen LogP contribution in [0.4, 0.5) is 0 Å². The van der Waals surface area contributed by atoms with Gasteiger partial charge in [-0.25, -0.2) is 0 Å². The molecule has 0 aliphatic heterocycles. The highest BCUT2D eigenvalue weighted by Crippen LogP contribution is 2.38. The second kappa shape index (κ2) is 7.25. The van der Waals surface area contributed by atoms with Gasteiger partial charge in [-0.05, 0) is 24.0 Å². The molecule has 0 amide bonds. The molecule has 1 nitrogen and oxygen atoms in total. The molecule has 0 saturated heterocycles. The van der Waals surface area contributed by atoms with E-state index in [0.717, 1.165) is 25.9 Å². The molecule has 0 spiro atoms. The Morgan fingerprint density at radius 2 is 1.25 bits per heavy atom. The van der Waals surface area contributed by atoms with E-state index in [1.165, 1.54) is 11.1 Å². The van der Waals surface area contributed by atoms with Crippen LogP contribution < -0.4 is 0 Å². The molecule has 0 radical (unpaired) electrons. The molecule has 0 bridgehead atoms. The van der Waals surface area contributed by atoms with Gasteiger partial charge in [-0.1, -0.05) is 80.9 Å². The minimum Gasteiger partial charge on any atom is -0.366 e. The van der Waals surface area contributed by atoms with E-state index >= 15 is 0 Å². The first-order valence-corrected chi connectivity index (χ1v) is 7.58. The number of ether oxygens (including phenoxy) is 1. The summed E-state index contributed by atoms with van der Waals surface area (Å²) in [6, 6.07) is 21.2. The predicted octanol–water partition coefficient (Wildman–Crippen LogP) is 5.16. The molecule has 2 aromatic carbocycles. The van der Waals surface area contributed by atoms with Gasteiger partial charge in [0.1, 0.15) is 5.60 Å². The van der Waals surface area contributed by atoms with Crippen molar-refractivity contribution < 1.29 is 4.74 Å². The van der Waals surface area contributed by atoms with Crippen LogP contribution in [-0.4, -0.2) is 6.61 Å². The molecule has 0 fully saturated rings. The monoisotopic (exact) mass is 268 g/mol. The molecule has 1 heteroatoms. The Morgan fingerprint density at radius 1 is 0.750 bits per heavy atom. The lowest BCUT2D eigenvalue weighted by atomic mass is 9.82. The van der Waals surface area contributed by atoms with Gasteiger partial charge in [0.2, 0.25) is 0 Å². The maximum Gasteiger partial charge on any atom is 0.118 e. The lowest BCUT2D eigenvalue weighted by molar-refractivity contribution is -0.0251. The summed E-state index contributed by atoms with van der Waals surface area (Å²) < 4.78 is 6.39. The third-order valence-electron chi connectivity index (χ3n) is 3.63. The largest absolute Gasteiger partial charge is 0.366 e. The van der Waals surface area contributed by atoms with Gasteiger partial charge in [0.05, 0.1) is 0 Å². The van der Waals surface area contributed by atoms with Gasteiger partial charge < -0.3 is 4.74 Å². The first-order chi connectivity index (χ1) is 9.83. The third kappa shape index (κ3) is 3.10. The molecule has 2 aromatic rings. The van der Waals surface area contributed by atoms with E-state index < -0.39 is 0 Å². The highest BCUT2D eigenvalue weighted by molar-refractivity contribution is 5.36. The SMILES string of the molecule is CCCOC(CCC)(c1ccccc1)c1ccccc1. The van der Waals surface area contributed by atoms with Crippen LogP contribution in [0.1, 0.15) is 44.2 Å². The fourth-order valence-corrected chi connectivity index (χ4v) is 2.74. The van der Waals surface area contributed by atoms with Crippen LogP contribution >= 0.6 is 0 Å². The van der Waals surface area contributed by atoms with Crippen molar-refractivity contribution in [2.75, 3.05) is 6.61 Å². The maximum atomic E-state index is 6.39. The van der Waals surface area contributed by atoms with Crippen molar-refractivity contribution in [3.63, 3.8) is 0 Å². The second-order valence-electron chi connectivity index (χ2n) is 5.16. The predicted molar refractivity (Wildman–Crippen MR) is 84.8 cm³/mol. The number of rotatable bonds is 7. The normalized spacial score (nSPS) is 11.5. The molecule has 0 unspecified atom stereocenters. The van der Waals surface area contributed by atoms with Crippen LogP contribution in [0, 0.1) is 0 Å². The van der Waals surface area contributed by atoms with Gasteiger partial charge in [0.25, 0.3) is 0 Å². The average Bonchev–Trinajstić information content (AvgIpc) is 2.53. The van der Waals surface area contributed by atoms with Gasteiger partial charge in [-0.15, -0.1) is 0 Å². The Morgan fingerprint density at radius 3 is 1.65 bits per heavy atom. The van der Waals surface area contributed by atoms with Crippen molar-refractivity contribution in [1.82, 2.24) is 0 Å². The second-order valence-corrected chi connectivity index (χ2v) is 5.16. The zero-order chi connectivity index (χ0) is 14.3. The minimum absolute atomic E-state index is 0.312. The molecule has 2 rings (SSSR count). The van der Waals surface area contributed by atoms with Crippen LogP contribution in [-0.2, 0) is 10.3 Å². The van der Waals surface area contributed by atoms with Gasteiger partial charge in [0, 0.05) is 6.61 Å². The Labute approximate surface area is 122 Å². The number of benzene rings is 2. The van der Waals surface area contributed by atoms with E-state index in [2.05, 4.69) is 74.5 Å². The molecule has 0 aromatic heterocycles. The fourth-order valence-electron chi connectivity index (χ4n) is 2.74. The van der Waals surface area contributed by atoms with E-state index in [-0.39, 0.29) is 5.60 Å². The maximum absolute atomic E-state index is 6.39. The highest BCUT2D eigenvalue weighted by atomic mass is 16.5. The summed E-state index contributed by atoms with van der Waals surface area (Å²) in [7, 11) is 0. The van der Waals surface area contributed by atoms with Crippen molar-refractivity contribution in [3.8, 4) is 0 Å². The first kappa shape index (κ1) is 14.8. The van der Waals surface area contributed by atoms with E-state index in [1.807, 2.05) is 0 Å². The molecular weight excluding hydrogens is 244 g/mol. The average molecular weight is 268 g/mol. The smallest absolute Gasteiger partial charge is 0.118 e. The number of hydrogen-bond acceptors (Lipinski definition) is 1. The summed E-state index contributed by atoms with van der Waals surface area (Å²) in [5.74, 6) is 0. The van der Waals surface area contributed by atoms with E-state index in [9.17, 15) is 0 Å². The van der Waals surface area contributed by atoms with Crippen molar-refractivity contribution in [3.05, 3.63) is 71.8 Å². The third-order valence-corrected chi connectivity index (χ3v) is 3.63. The Hall–Kier alpha value is -1.60. The van der Waals surface area contributed by atoms with Gasteiger partial charge in [-0.2, -0.15) is 0 Å². The van der Waals surface area contributed by atoms with Crippen molar-refractivity contribution in [2.45, 2.75) is 38.7 Å². The van der Waals surface area contributed by atoms with Crippen molar-refractivity contribution in [2.24, 2.45) is 0 Å². The number of hydrogen-bond donors (Lipinski definition) is 0. The molecule has 20 heavy (non-hydrogen) atoms. The van der Waals surface area contributed by atoms with Crippen LogP contribution in [0.2, 0.25) is 0 Å². The van der Waals surface area contributed by atoms with Crippen molar-refractivity contribution >= 4 is 0 Å². The summed E-state index contributed by atoms with van der Waals surface area (Å²) in [5, 5.41) is 0. The molecule has 0 aliphatic rings. The van der Waals surface area contributed by atoms with Gasteiger partial charge in [-0.3, -0.25) is 0 Å². The molecule has 0 saturated carbocycles. The van der Waals surface area contributed by atoms with E-state index in [1.54, 1.807) is 0 Å². The zero-order valence-electron chi connectivity index (χ0n) is 12.5. The molecule has 0 aliphatic carbocycles. The van der Waals surface area contributed by atoms with Gasteiger partial charge >= 0.3 is 0 Å². The molecule has 0 heterocycles. The zero-order valence-corrected chi connectivity index (χ0v) is 12.5. The summed E-state index contributed by atoms with van der Waals surface area (Å²) in [4.78, 5) is 0. The molecule has 0 atom stereocenters. The summed E-state index contributed by atoms with van der Waals surface area (Å²) in [5.41, 5.74) is 2.19. The Kier molecular flexibility index (Phi) is 5.37. The van der Waals surface area contributed by atoms with Crippen LogP contribution in [0.3, 0.4) is 0 Å². The standard InChI is InChI=1S/C19H24O/c1-3-15-19(20-16-4-2,17-11-7-5-8-12-17)18-13-9-6-10-14-18/h5-14H,3-4,15-16H2,1-2H3. The van der Waals surface area contributed by atoms with E-state index in [0.29, 0.717) is 0 Å². The molecule has 0 N–H and O–H groups in total. The summed E-state index contributed by atoms with van der Waals surface area (Å²) >= 11 is 0. The molecular formula is C19H24O. The lowest BCUT2D eigenvalue weighted by Gasteiger charge is -2.35. The highest BCUT2D eigenvalue weighted by Gasteiger charge is 2.33. The lowest BCUT2D eigenvalue weighted by Crippen LogP contribution is -2.31. The van der Waals surface area contributed by atoms with Crippen LogP contribution in [0.5, 0.6) is 0 Å².